The minimum atomic E-state index is -0.519. The van der Waals surface area contributed by atoms with E-state index in [4.69, 9.17) is 10.5 Å². The van der Waals surface area contributed by atoms with Gasteiger partial charge in [0.25, 0.3) is 0 Å². The Hall–Kier alpha value is -4.14. The van der Waals surface area contributed by atoms with Gasteiger partial charge in [-0.05, 0) is 36.2 Å². The number of methoxy groups -OCH3 is 1. The van der Waals surface area contributed by atoms with Crippen LogP contribution in [0.4, 0.5) is 20.6 Å². The smallest absolute Gasteiger partial charge is 0.317 e. The highest BCUT2D eigenvalue weighted by Gasteiger charge is 2.24. The maximum Gasteiger partial charge on any atom is 0.317 e. The zero-order valence-electron chi connectivity index (χ0n) is 20.7. The van der Waals surface area contributed by atoms with Crippen molar-refractivity contribution in [1.29, 1.82) is 0 Å². The topological polar surface area (TPSA) is 95.5 Å². The van der Waals surface area contributed by atoms with Gasteiger partial charge >= 0.3 is 6.03 Å². The standard InChI is InChI=1S/C27H31FN6O2/c1-18(22-10-6-8-20-7-4-5-9-23(20)22)32-27(35)34-13-11-33(12-14-34)21-15-24(28)26(25(16-21)36-3)31-17-30-19(2)29/h4-10,15-18H,11-14H2,1-3H3,(H,32,35)(H2,29,30,31)/t18-/m0/s1. The van der Waals surface area contributed by atoms with Crippen molar-refractivity contribution in [3.63, 3.8) is 0 Å². The third-order valence-electron chi connectivity index (χ3n) is 6.24. The Labute approximate surface area is 210 Å². The van der Waals surface area contributed by atoms with E-state index in [0.717, 1.165) is 16.3 Å². The van der Waals surface area contributed by atoms with Crippen LogP contribution in [0.25, 0.3) is 10.8 Å². The summed E-state index contributed by atoms with van der Waals surface area (Å²) >= 11 is 0. The molecule has 188 valence electrons. The number of nitrogens with two attached hydrogens (primary N) is 1. The van der Waals surface area contributed by atoms with Gasteiger partial charge in [-0.25, -0.2) is 19.2 Å². The van der Waals surface area contributed by atoms with Gasteiger partial charge < -0.3 is 25.6 Å². The fourth-order valence-electron chi connectivity index (χ4n) is 4.35. The number of nitrogens with one attached hydrogen (secondary N) is 1. The zero-order valence-corrected chi connectivity index (χ0v) is 20.7. The number of hydrogen-bond donors (Lipinski definition) is 2. The molecule has 0 spiro atoms. The Kier molecular flexibility index (Phi) is 7.68. The SMILES string of the molecule is COc1cc(N2CCN(C(=O)N[C@@H](C)c3cccc4ccccc34)CC2)cc(F)c1N=CN=C(C)N. The molecule has 0 saturated carbocycles. The number of hydrogen-bond acceptors (Lipinski definition) is 4. The summed E-state index contributed by atoms with van der Waals surface area (Å²) in [4.78, 5) is 24.7. The van der Waals surface area contributed by atoms with E-state index in [1.165, 1.54) is 19.5 Å². The normalized spacial score (nSPS) is 15.4. The number of halogens is 1. The monoisotopic (exact) mass is 490 g/mol. The van der Waals surface area contributed by atoms with Gasteiger partial charge in [-0.15, -0.1) is 0 Å². The van der Waals surface area contributed by atoms with Crippen molar-refractivity contribution in [2.24, 2.45) is 15.7 Å². The molecule has 4 rings (SSSR count). The zero-order chi connectivity index (χ0) is 25.7. The highest BCUT2D eigenvalue weighted by molar-refractivity contribution is 5.87. The molecule has 1 atom stereocenters. The number of amides is 2. The van der Waals surface area contributed by atoms with E-state index in [2.05, 4.69) is 33.5 Å². The summed E-state index contributed by atoms with van der Waals surface area (Å²) in [6, 6.07) is 17.2. The molecule has 36 heavy (non-hydrogen) atoms. The van der Waals surface area contributed by atoms with Crippen molar-refractivity contribution in [2.45, 2.75) is 19.9 Å². The second-order valence-corrected chi connectivity index (χ2v) is 8.71. The Morgan fingerprint density at radius 2 is 1.86 bits per heavy atom. The van der Waals surface area contributed by atoms with E-state index >= 15 is 0 Å². The van der Waals surface area contributed by atoms with Crippen LogP contribution in [0, 0.1) is 5.82 Å². The van der Waals surface area contributed by atoms with Crippen molar-refractivity contribution < 1.29 is 13.9 Å². The molecular formula is C27H31FN6O2. The van der Waals surface area contributed by atoms with Gasteiger partial charge in [0.15, 0.2) is 5.82 Å². The van der Waals surface area contributed by atoms with E-state index in [0.29, 0.717) is 43.5 Å². The minimum Gasteiger partial charge on any atom is -0.494 e. The van der Waals surface area contributed by atoms with Crippen LogP contribution in [0.3, 0.4) is 0 Å². The van der Waals surface area contributed by atoms with Gasteiger partial charge in [-0.2, -0.15) is 0 Å². The lowest BCUT2D eigenvalue weighted by Gasteiger charge is -2.36. The largest absolute Gasteiger partial charge is 0.494 e. The molecule has 0 aromatic heterocycles. The van der Waals surface area contributed by atoms with E-state index in [1.54, 1.807) is 17.9 Å². The number of ether oxygens (including phenoxy) is 1. The molecule has 3 aromatic rings. The highest BCUT2D eigenvalue weighted by atomic mass is 19.1. The van der Waals surface area contributed by atoms with Gasteiger partial charge in [-0.1, -0.05) is 42.5 Å². The summed E-state index contributed by atoms with van der Waals surface area (Å²) < 4.78 is 20.2. The molecule has 0 unspecified atom stereocenters. The molecule has 0 radical (unpaired) electrons. The number of piperazine rings is 1. The number of fused-ring (bicyclic) bond motifs is 1. The number of carbonyl (C=O) groups is 1. The predicted octanol–water partition coefficient (Wildman–Crippen LogP) is 4.62. The second kappa shape index (κ2) is 11.1. The van der Waals surface area contributed by atoms with Gasteiger partial charge in [0.05, 0.1) is 19.0 Å². The van der Waals surface area contributed by atoms with Gasteiger partial charge in [0, 0.05) is 37.9 Å². The third kappa shape index (κ3) is 5.56. The number of amidine groups is 1. The number of rotatable bonds is 6. The molecule has 3 N–H and O–H groups in total. The van der Waals surface area contributed by atoms with E-state index in [9.17, 15) is 9.18 Å². The summed E-state index contributed by atoms with van der Waals surface area (Å²) in [5.41, 5.74) is 7.31. The third-order valence-corrected chi connectivity index (χ3v) is 6.24. The second-order valence-electron chi connectivity index (χ2n) is 8.71. The first-order valence-electron chi connectivity index (χ1n) is 11.9. The molecule has 8 nitrogen and oxygen atoms in total. The van der Waals surface area contributed by atoms with E-state index in [1.807, 2.05) is 36.1 Å². The first kappa shape index (κ1) is 25.0. The molecule has 0 bridgehead atoms. The Morgan fingerprint density at radius 1 is 1.14 bits per heavy atom. The van der Waals surface area contributed by atoms with Gasteiger partial charge in [-0.3, -0.25) is 0 Å². The maximum absolute atomic E-state index is 14.8. The highest BCUT2D eigenvalue weighted by Crippen LogP contribution is 2.35. The fourth-order valence-corrected chi connectivity index (χ4v) is 4.35. The number of urea groups is 1. The van der Waals surface area contributed by atoms with Crippen LogP contribution in [0.15, 0.2) is 64.6 Å². The minimum absolute atomic E-state index is 0.0617. The van der Waals surface area contributed by atoms with Crippen LogP contribution in [0.1, 0.15) is 25.5 Å². The van der Waals surface area contributed by atoms with Crippen molar-refractivity contribution in [3.8, 4) is 5.75 Å². The lowest BCUT2D eigenvalue weighted by Crippen LogP contribution is -2.52. The van der Waals surface area contributed by atoms with Crippen LogP contribution >= 0.6 is 0 Å². The van der Waals surface area contributed by atoms with Gasteiger partial charge in [0.1, 0.15) is 17.8 Å². The van der Waals surface area contributed by atoms with E-state index in [-0.39, 0.29) is 17.8 Å². The molecule has 2 amide bonds. The maximum atomic E-state index is 14.8. The molecule has 1 saturated heterocycles. The number of aliphatic imine (C=N–C) groups is 2. The van der Waals surface area contributed by atoms with E-state index < -0.39 is 5.82 Å². The van der Waals surface area contributed by atoms with Crippen molar-refractivity contribution in [2.75, 3.05) is 38.2 Å². The number of carbonyl (C=O) groups excluding carboxylic acids is 1. The van der Waals surface area contributed by atoms with Crippen molar-refractivity contribution in [1.82, 2.24) is 10.2 Å². The number of nitrogens with zero attached hydrogens (tertiary/aromatic N) is 4. The first-order valence-corrected chi connectivity index (χ1v) is 11.9. The summed E-state index contributed by atoms with van der Waals surface area (Å²) in [6.07, 6.45) is 1.20. The molecule has 1 fully saturated rings. The van der Waals surface area contributed by atoms with Gasteiger partial charge in [0.2, 0.25) is 0 Å². The fraction of sp³-hybridized carbons (Fsp3) is 0.296. The lowest BCUT2D eigenvalue weighted by atomic mass is 10.00. The van der Waals surface area contributed by atoms with Crippen LogP contribution in [-0.4, -0.2) is 56.4 Å². The summed E-state index contributed by atoms with van der Waals surface area (Å²) in [5, 5.41) is 5.40. The molecular weight excluding hydrogens is 459 g/mol. The molecule has 3 aromatic carbocycles. The van der Waals surface area contributed by atoms with Crippen LogP contribution in [0.5, 0.6) is 5.75 Å². The van der Waals surface area contributed by atoms with Crippen molar-refractivity contribution in [3.05, 3.63) is 66.0 Å². The molecule has 1 aliphatic heterocycles. The number of benzene rings is 3. The average Bonchev–Trinajstić information content (AvgIpc) is 2.88. The van der Waals surface area contributed by atoms with Crippen LogP contribution < -0.4 is 20.7 Å². The predicted molar refractivity (Wildman–Crippen MR) is 143 cm³/mol. The quantitative estimate of drug-likeness (QED) is 0.389. The summed E-state index contributed by atoms with van der Waals surface area (Å²) in [5.74, 6) is 0.105. The molecule has 9 heteroatoms. The summed E-state index contributed by atoms with van der Waals surface area (Å²) in [6.45, 7) is 5.78. The Bertz CT molecular complexity index is 1290. The first-order chi connectivity index (χ1) is 17.4. The Balaban J connectivity index is 1.40. The lowest BCUT2D eigenvalue weighted by molar-refractivity contribution is 0.191. The van der Waals surface area contributed by atoms with Crippen LogP contribution in [-0.2, 0) is 0 Å². The Morgan fingerprint density at radius 3 is 2.58 bits per heavy atom. The van der Waals surface area contributed by atoms with Crippen molar-refractivity contribution >= 4 is 40.4 Å². The molecule has 0 aliphatic carbocycles. The molecule has 1 heterocycles. The van der Waals surface area contributed by atoms with Crippen LogP contribution in [0.2, 0.25) is 0 Å². The molecule has 1 aliphatic rings. The number of anilines is 1. The summed E-state index contributed by atoms with van der Waals surface area (Å²) in [7, 11) is 1.47. The average molecular weight is 491 g/mol.